The molecule has 5 aromatic rings. The first kappa shape index (κ1) is 24.8. The van der Waals surface area contributed by atoms with Gasteiger partial charge in [0.1, 0.15) is 0 Å². The molecule has 0 aliphatic carbocycles. The molecule has 2 aliphatic heterocycles. The third kappa shape index (κ3) is 3.95. The topological polar surface area (TPSA) is 96.1 Å². The maximum Gasteiger partial charge on any atom is 0.408 e. The molecule has 5 heterocycles. The predicted octanol–water partition coefficient (Wildman–Crippen LogP) is 5.26. The fraction of sp³-hybridized carbons (Fsp3) is 0.355. The number of ether oxygens (including phenoxy) is 2. The lowest BCUT2D eigenvalue weighted by Gasteiger charge is -2.33. The molecule has 0 saturated carbocycles. The normalized spacial score (nSPS) is 20.6. The zero-order chi connectivity index (χ0) is 27.4. The summed E-state index contributed by atoms with van der Waals surface area (Å²) in [6, 6.07) is 19.4. The number of hydrogen-bond donors (Lipinski definition) is 1. The molecular weight excluding hydrogens is 504 g/mol. The maximum atomic E-state index is 12.0. The summed E-state index contributed by atoms with van der Waals surface area (Å²) in [5.74, 6) is 0.379. The molecule has 9 heteroatoms. The van der Waals surface area contributed by atoms with E-state index < -0.39 is 5.60 Å². The molecule has 0 spiro atoms. The molecule has 7 rings (SSSR count). The zero-order valence-corrected chi connectivity index (χ0v) is 22.9. The van der Waals surface area contributed by atoms with Crippen LogP contribution in [0.1, 0.15) is 42.6 Å². The minimum absolute atomic E-state index is 0.0696. The van der Waals surface area contributed by atoms with Crippen LogP contribution in [-0.4, -0.2) is 50.4 Å². The highest BCUT2D eigenvalue weighted by Gasteiger charge is 2.38. The van der Waals surface area contributed by atoms with Gasteiger partial charge in [0.25, 0.3) is 0 Å². The van der Waals surface area contributed by atoms with Crippen LogP contribution >= 0.6 is 0 Å². The third-order valence-corrected chi connectivity index (χ3v) is 8.54. The van der Waals surface area contributed by atoms with Crippen LogP contribution in [0.3, 0.4) is 0 Å². The summed E-state index contributed by atoms with van der Waals surface area (Å²) in [6.45, 7) is 5.86. The molecule has 2 aliphatic rings. The van der Waals surface area contributed by atoms with Gasteiger partial charge in [-0.2, -0.15) is 0 Å². The lowest BCUT2D eigenvalue weighted by atomic mass is 9.86. The number of hydrogen-bond acceptors (Lipinski definition) is 6. The Kier molecular flexibility index (Phi) is 5.85. The van der Waals surface area contributed by atoms with Gasteiger partial charge in [-0.25, -0.2) is 9.48 Å². The molecule has 204 valence electrons. The van der Waals surface area contributed by atoms with Crippen LogP contribution in [-0.2, 0) is 22.1 Å². The average Bonchev–Trinajstić information content (AvgIpc) is 3.62. The molecule has 0 bridgehead atoms. The molecule has 2 fully saturated rings. The molecule has 2 saturated heterocycles. The number of cyclic esters (lactones) is 1. The second kappa shape index (κ2) is 9.45. The standard InChI is InChI=1S/C31H32N6O3/c1-19-28(36(3)35-34-19)22-15-26-27(32-17-22)24-10-9-23(31(2)18-33-30(38)40-31)16-25(24)37(26)29(20-7-5-4-6-8-20)21-11-13-39-14-12-21/h4-10,15-17,21,29H,11-14,18H2,1-3H3,(H,33,38)/t29-,31?/m1/s1. The van der Waals surface area contributed by atoms with E-state index in [0.29, 0.717) is 12.5 Å². The Labute approximate surface area is 232 Å². The molecule has 3 aromatic heterocycles. The number of benzene rings is 2. The van der Waals surface area contributed by atoms with E-state index in [9.17, 15) is 4.79 Å². The smallest absolute Gasteiger partial charge is 0.408 e. The van der Waals surface area contributed by atoms with Crippen molar-refractivity contribution in [3.63, 3.8) is 0 Å². The van der Waals surface area contributed by atoms with Crippen LogP contribution in [0.15, 0.2) is 60.8 Å². The summed E-state index contributed by atoms with van der Waals surface area (Å²) in [4.78, 5) is 17.1. The predicted molar refractivity (Wildman–Crippen MR) is 152 cm³/mol. The van der Waals surface area contributed by atoms with E-state index in [1.165, 1.54) is 5.56 Å². The van der Waals surface area contributed by atoms with E-state index >= 15 is 0 Å². The summed E-state index contributed by atoms with van der Waals surface area (Å²) < 4.78 is 15.8. The summed E-state index contributed by atoms with van der Waals surface area (Å²) >= 11 is 0. The number of carbonyl (C=O) groups excluding carboxylic acids is 1. The molecule has 1 amide bonds. The Morgan fingerprint density at radius 1 is 1.07 bits per heavy atom. The van der Waals surface area contributed by atoms with Crippen molar-refractivity contribution in [2.24, 2.45) is 13.0 Å². The molecule has 40 heavy (non-hydrogen) atoms. The van der Waals surface area contributed by atoms with Crippen LogP contribution in [0.4, 0.5) is 4.79 Å². The Morgan fingerprint density at radius 2 is 1.88 bits per heavy atom. The molecule has 2 atom stereocenters. The van der Waals surface area contributed by atoms with Gasteiger partial charge in [-0.1, -0.05) is 47.7 Å². The van der Waals surface area contributed by atoms with E-state index in [1.807, 2.05) is 27.1 Å². The summed E-state index contributed by atoms with van der Waals surface area (Å²) in [5.41, 5.74) is 7.31. The number of carbonyl (C=O) groups is 1. The monoisotopic (exact) mass is 536 g/mol. The van der Waals surface area contributed by atoms with Gasteiger partial charge in [0.2, 0.25) is 0 Å². The van der Waals surface area contributed by atoms with Gasteiger partial charge in [-0.15, -0.1) is 5.10 Å². The molecule has 0 radical (unpaired) electrons. The number of pyridine rings is 1. The molecule has 9 nitrogen and oxygen atoms in total. The Hall–Kier alpha value is -4.24. The van der Waals surface area contributed by atoms with Crippen molar-refractivity contribution in [3.05, 3.63) is 77.6 Å². The number of nitrogens with zero attached hydrogens (tertiary/aromatic N) is 5. The van der Waals surface area contributed by atoms with Gasteiger partial charge in [0.15, 0.2) is 5.60 Å². The minimum atomic E-state index is -0.746. The number of amides is 1. The van der Waals surface area contributed by atoms with Crippen molar-refractivity contribution >= 4 is 28.0 Å². The van der Waals surface area contributed by atoms with Crippen LogP contribution in [0, 0.1) is 12.8 Å². The third-order valence-electron chi connectivity index (χ3n) is 8.54. The number of alkyl carbamates (subject to hydrolysis) is 1. The van der Waals surface area contributed by atoms with Crippen molar-refractivity contribution in [1.29, 1.82) is 0 Å². The quantitative estimate of drug-likeness (QED) is 0.329. The number of fused-ring (bicyclic) bond motifs is 3. The van der Waals surface area contributed by atoms with Gasteiger partial charge in [-0.05, 0) is 55.9 Å². The molecule has 1 unspecified atom stereocenters. The highest BCUT2D eigenvalue weighted by Crippen LogP contribution is 2.42. The molecule has 2 aromatic carbocycles. The van der Waals surface area contributed by atoms with Crippen LogP contribution in [0.25, 0.3) is 33.2 Å². The maximum absolute atomic E-state index is 12.0. The first-order valence-corrected chi connectivity index (χ1v) is 13.8. The number of rotatable bonds is 5. The van der Waals surface area contributed by atoms with Crippen molar-refractivity contribution in [2.45, 2.75) is 38.3 Å². The molecular formula is C31H32N6O3. The lowest BCUT2D eigenvalue weighted by Crippen LogP contribution is -2.27. The Morgan fingerprint density at radius 3 is 2.58 bits per heavy atom. The highest BCUT2D eigenvalue weighted by molar-refractivity contribution is 6.07. The van der Waals surface area contributed by atoms with Crippen molar-refractivity contribution in [1.82, 2.24) is 29.9 Å². The SMILES string of the molecule is Cc1nnn(C)c1-c1cnc2c3ccc(C4(C)CNC(=O)O4)cc3n([C@H](c3ccccc3)C3CCOCC3)c2c1. The first-order chi connectivity index (χ1) is 19.4. The van der Waals surface area contributed by atoms with Gasteiger partial charge in [0.05, 0.1) is 40.5 Å². The van der Waals surface area contributed by atoms with Gasteiger partial charge in [-0.3, -0.25) is 4.98 Å². The first-order valence-electron chi connectivity index (χ1n) is 13.8. The fourth-order valence-electron chi connectivity index (χ4n) is 6.51. The van der Waals surface area contributed by atoms with Gasteiger partial charge >= 0.3 is 6.09 Å². The van der Waals surface area contributed by atoms with Crippen LogP contribution in [0.5, 0.6) is 0 Å². The van der Waals surface area contributed by atoms with E-state index in [-0.39, 0.29) is 12.1 Å². The van der Waals surface area contributed by atoms with Crippen LogP contribution in [0.2, 0.25) is 0 Å². The Bertz CT molecular complexity index is 1720. The Balaban J connectivity index is 1.53. The van der Waals surface area contributed by atoms with Crippen LogP contribution < -0.4 is 5.32 Å². The van der Waals surface area contributed by atoms with E-state index in [1.54, 1.807) is 4.68 Å². The number of aryl methyl sites for hydroxylation is 2. The second-order valence-corrected chi connectivity index (χ2v) is 11.1. The number of aromatic nitrogens is 5. The van der Waals surface area contributed by atoms with Crippen molar-refractivity contribution in [2.75, 3.05) is 19.8 Å². The van der Waals surface area contributed by atoms with Crippen molar-refractivity contribution in [3.8, 4) is 11.3 Å². The highest BCUT2D eigenvalue weighted by atomic mass is 16.6. The van der Waals surface area contributed by atoms with E-state index in [2.05, 4.69) is 74.8 Å². The van der Waals surface area contributed by atoms with Gasteiger partial charge in [0, 0.05) is 37.4 Å². The fourth-order valence-corrected chi connectivity index (χ4v) is 6.51. The summed E-state index contributed by atoms with van der Waals surface area (Å²) in [6.07, 6.45) is 3.47. The summed E-state index contributed by atoms with van der Waals surface area (Å²) in [5, 5.41) is 12.4. The number of nitrogens with one attached hydrogen (secondary N) is 1. The minimum Gasteiger partial charge on any atom is -0.436 e. The second-order valence-electron chi connectivity index (χ2n) is 11.1. The van der Waals surface area contributed by atoms with Gasteiger partial charge < -0.3 is 19.4 Å². The van der Waals surface area contributed by atoms with E-state index in [4.69, 9.17) is 14.5 Å². The largest absolute Gasteiger partial charge is 0.436 e. The zero-order valence-electron chi connectivity index (χ0n) is 22.9. The lowest BCUT2D eigenvalue weighted by molar-refractivity contribution is 0.0552. The average molecular weight is 537 g/mol. The molecule has 1 N–H and O–H groups in total. The summed E-state index contributed by atoms with van der Waals surface area (Å²) in [7, 11) is 1.91. The van der Waals surface area contributed by atoms with Crippen molar-refractivity contribution < 1.29 is 14.3 Å². The van der Waals surface area contributed by atoms with E-state index in [0.717, 1.165) is 70.5 Å².